The van der Waals surface area contributed by atoms with E-state index in [0.29, 0.717) is 19.6 Å². The van der Waals surface area contributed by atoms with Crippen molar-refractivity contribution >= 4 is 10.0 Å². The lowest BCUT2D eigenvalue weighted by atomic mass is 10.0. The second-order valence-electron chi connectivity index (χ2n) is 2.97. The molecule has 2 N–H and O–H groups in total. The monoisotopic (exact) mass is 179 g/mol. The number of ether oxygens (including phenoxy) is 1. The van der Waals surface area contributed by atoms with E-state index >= 15 is 0 Å². The Morgan fingerprint density at radius 3 is 2.55 bits per heavy atom. The van der Waals surface area contributed by atoms with Gasteiger partial charge in [0.25, 0.3) is 0 Å². The first-order valence-electron chi connectivity index (χ1n) is 3.61. The van der Waals surface area contributed by atoms with Crippen LogP contribution in [0.4, 0.5) is 0 Å². The van der Waals surface area contributed by atoms with Crippen LogP contribution in [-0.2, 0) is 14.8 Å². The minimum atomic E-state index is -3.36. The molecule has 1 aliphatic heterocycles. The van der Waals surface area contributed by atoms with Crippen molar-refractivity contribution in [3.8, 4) is 0 Å². The fourth-order valence-corrected chi connectivity index (χ4v) is 2.50. The summed E-state index contributed by atoms with van der Waals surface area (Å²) >= 11 is 0. The number of nitrogens with two attached hydrogens (primary N) is 1. The van der Waals surface area contributed by atoms with Gasteiger partial charge in [-0.2, -0.15) is 0 Å². The van der Waals surface area contributed by atoms with Gasteiger partial charge in [-0.15, -0.1) is 0 Å². The SMILES string of the molecule is C[C@H]1COCC[C@@H]1S(N)(=O)=O. The van der Waals surface area contributed by atoms with Crippen LogP contribution in [0.5, 0.6) is 0 Å². The summed E-state index contributed by atoms with van der Waals surface area (Å²) in [7, 11) is -3.36. The molecule has 0 aliphatic carbocycles. The highest BCUT2D eigenvalue weighted by atomic mass is 32.2. The van der Waals surface area contributed by atoms with Gasteiger partial charge in [0.15, 0.2) is 0 Å². The van der Waals surface area contributed by atoms with Crippen LogP contribution in [0.15, 0.2) is 0 Å². The molecule has 2 atom stereocenters. The van der Waals surface area contributed by atoms with E-state index in [4.69, 9.17) is 9.88 Å². The Bertz CT molecular complexity index is 224. The average Bonchev–Trinajstić information content (AvgIpc) is 1.86. The van der Waals surface area contributed by atoms with Crippen LogP contribution in [-0.4, -0.2) is 26.9 Å². The third-order valence-corrected chi connectivity index (χ3v) is 3.53. The van der Waals surface area contributed by atoms with E-state index in [1.165, 1.54) is 0 Å². The van der Waals surface area contributed by atoms with Gasteiger partial charge < -0.3 is 4.74 Å². The van der Waals surface area contributed by atoms with Crippen LogP contribution in [0.3, 0.4) is 0 Å². The molecule has 1 aliphatic rings. The molecular weight excluding hydrogens is 166 g/mol. The molecule has 0 unspecified atom stereocenters. The van der Waals surface area contributed by atoms with Crippen LogP contribution in [0.25, 0.3) is 0 Å². The van der Waals surface area contributed by atoms with Gasteiger partial charge in [0, 0.05) is 6.61 Å². The first-order chi connectivity index (χ1) is 5.02. The van der Waals surface area contributed by atoms with Crippen LogP contribution in [0.2, 0.25) is 0 Å². The molecule has 1 fully saturated rings. The van der Waals surface area contributed by atoms with E-state index in [9.17, 15) is 8.42 Å². The van der Waals surface area contributed by atoms with Gasteiger partial charge in [-0.25, -0.2) is 13.6 Å². The highest BCUT2D eigenvalue weighted by Gasteiger charge is 2.30. The number of rotatable bonds is 1. The molecule has 0 aromatic heterocycles. The van der Waals surface area contributed by atoms with Gasteiger partial charge in [-0.1, -0.05) is 6.92 Å². The summed E-state index contributed by atoms with van der Waals surface area (Å²) < 4.78 is 26.9. The second-order valence-corrected chi connectivity index (χ2v) is 4.75. The summed E-state index contributed by atoms with van der Waals surface area (Å²) in [6.07, 6.45) is 0.528. The van der Waals surface area contributed by atoms with Gasteiger partial charge in [-0.05, 0) is 12.3 Å². The zero-order chi connectivity index (χ0) is 8.48. The minimum absolute atomic E-state index is 0.0266. The van der Waals surface area contributed by atoms with E-state index in [2.05, 4.69) is 0 Å². The molecule has 1 heterocycles. The van der Waals surface area contributed by atoms with Gasteiger partial charge >= 0.3 is 0 Å². The maximum atomic E-state index is 10.9. The molecule has 0 amide bonds. The zero-order valence-electron chi connectivity index (χ0n) is 6.49. The number of hydrogen-bond acceptors (Lipinski definition) is 3. The Labute approximate surface area is 66.8 Å². The molecule has 0 spiro atoms. The Morgan fingerprint density at radius 2 is 2.18 bits per heavy atom. The fraction of sp³-hybridized carbons (Fsp3) is 1.00. The lowest BCUT2D eigenvalue weighted by Gasteiger charge is -2.26. The largest absolute Gasteiger partial charge is 0.381 e. The predicted octanol–water partition coefficient (Wildman–Crippen LogP) is -0.300. The van der Waals surface area contributed by atoms with Crippen LogP contribution in [0, 0.1) is 5.92 Å². The van der Waals surface area contributed by atoms with Crippen molar-refractivity contribution in [2.24, 2.45) is 11.1 Å². The van der Waals surface area contributed by atoms with E-state index in [1.54, 1.807) is 0 Å². The molecule has 1 saturated heterocycles. The van der Waals surface area contributed by atoms with Gasteiger partial charge in [0.1, 0.15) is 0 Å². The molecule has 66 valence electrons. The number of primary sulfonamides is 1. The molecule has 0 aromatic rings. The van der Waals surface area contributed by atoms with Crippen molar-refractivity contribution in [2.75, 3.05) is 13.2 Å². The molecule has 11 heavy (non-hydrogen) atoms. The standard InChI is InChI=1S/C6H13NO3S/c1-5-4-10-3-2-6(5)11(7,8)9/h5-6H,2-4H2,1H3,(H2,7,8,9)/t5-,6-/m0/s1. The van der Waals surface area contributed by atoms with Gasteiger partial charge in [-0.3, -0.25) is 0 Å². The normalized spacial score (nSPS) is 33.6. The van der Waals surface area contributed by atoms with E-state index in [1.807, 2.05) is 6.92 Å². The van der Waals surface area contributed by atoms with E-state index in [0.717, 1.165) is 0 Å². The zero-order valence-corrected chi connectivity index (χ0v) is 7.30. The van der Waals surface area contributed by atoms with Crippen LogP contribution >= 0.6 is 0 Å². The molecular formula is C6H13NO3S. The van der Waals surface area contributed by atoms with Crippen LogP contribution in [0.1, 0.15) is 13.3 Å². The minimum Gasteiger partial charge on any atom is -0.381 e. The Balaban J connectivity index is 2.70. The summed E-state index contributed by atoms with van der Waals surface area (Å²) in [4.78, 5) is 0. The van der Waals surface area contributed by atoms with E-state index in [-0.39, 0.29) is 5.92 Å². The Kier molecular flexibility index (Phi) is 2.51. The van der Waals surface area contributed by atoms with Crippen LogP contribution < -0.4 is 5.14 Å². The first-order valence-corrected chi connectivity index (χ1v) is 5.22. The van der Waals surface area contributed by atoms with Crippen molar-refractivity contribution in [1.29, 1.82) is 0 Å². The molecule has 0 bridgehead atoms. The van der Waals surface area contributed by atoms with Gasteiger partial charge in [0.2, 0.25) is 10.0 Å². The second kappa shape index (κ2) is 3.08. The molecule has 1 rings (SSSR count). The maximum Gasteiger partial charge on any atom is 0.212 e. The number of sulfonamides is 1. The average molecular weight is 179 g/mol. The molecule has 0 radical (unpaired) electrons. The fourth-order valence-electron chi connectivity index (χ4n) is 1.35. The summed E-state index contributed by atoms with van der Waals surface area (Å²) in [5.41, 5.74) is 0. The van der Waals surface area contributed by atoms with Crippen molar-refractivity contribution < 1.29 is 13.2 Å². The lowest BCUT2D eigenvalue weighted by Crippen LogP contribution is -2.40. The summed E-state index contributed by atoms with van der Waals surface area (Å²) in [6, 6.07) is 0. The predicted molar refractivity (Wildman–Crippen MR) is 41.5 cm³/mol. The lowest BCUT2D eigenvalue weighted by molar-refractivity contribution is 0.0637. The summed E-state index contributed by atoms with van der Waals surface area (Å²) in [5, 5.41) is 4.61. The first kappa shape index (κ1) is 8.96. The third kappa shape index (κ3) is 2.15. The van der Waals surface area contributed by atoms with E-state index < -0.39 is 15.3 Å². The Hall–Kier alpha value is -0.130. The quantitative estimate of drug-likeness (QED) is 0.601. The summed E-state index contributed by atoms with van der Waals surface area (Å²) in [5.74, 6) is 0.0266. The third-order valence-electron chi connectivity index (χ3n) is 1.98. The van der Waals surface area contributed by atoms with Gasteiger partial charge in [0.05, 0.1) is 11.9 Å². The van der Waals surface area contributed by atoms with Crippen molar-refractivity contribution in [2.45, 2.75) is 18.6 Å². The highest BCUT2D eigenvalue weighted by molar-refractivity contribution is 7.89. The molecule has 5 heteroatoms. The Morgan fingerprint density at radius 1 is 1.55 bits per heavy atom. The topological polar surface area (TPSA) is 69.4 Å². The number of hydrogen-bond donors (Lipinski definition) is 1. The summed E-state index contributed by atoms with van der Waals surface area (Å²) in [6.45, 7) is 2.85. The highest BCUT2D eigenvalue weighted by Crippen LogP contribution is 2.19. The molecule has 0 saturated carbocycles. The maximum absolute atomic E-state index is 10.9. The van der Waals surface area contributed by atoms with Crippen molar-refractivity contribution in [1.82, 2.24) is 0 Å². The molecule has 4 nitrogen and oxygen atoms in total. The van der Waals surface area contributed by atoms with Crippen molar-refractivity contribution in [3.63, 3.8) is 0 Å². The van der Waals surface area contributed by atoms with Crippen molar-refractivity contribution in [3.05, 3.63) is 0 Å². The molecule has 0 aromatic carbocycles. The smallest absolute Gasteiger partial charge is 0.212 e.